The maximum Gasteiger partial charge on any atom is 0.315 e. The molecule has 31 heavy (non-hydrogen) atoms. The van der Waals surface area contributed by atoms with Crippen molar-refractivity contribution in [1.29, 1.82) is 0 Å². The molecule has 3 rings (SSSR count). The minimum absolute atomic E-state index is 0.0370. The normalized spacial score (nSPS) is 27.4. The Morgan fingerprint density at radius 3 is 2.35 bits per heavy atom. The monoisotopic (exact) mass is 455 g/mol. The number of amides is 4. The fraction of sp³-hybridized carbons (Fsp3) is 0.850. The molecule has 0 saturated carbocycles. The Bertz CT molecular complexity index is 597. The number of unbranched alkanes of at least 4 members (excludes halogenated alkanes) is 1. The third kappa shape index (κ3) is 8.13. The minimum Gasteiger partial charge on any atom is -0.347 e. The van der Waals surface area contributed by atoms with Crippen LogP contribution in [0.1, 0.15) is 25.7 Å². The second kappa shape index (κ2) is 13.1. The van der Waals surface area contributed by atoms with Crippen molar-refractivity contribution in [3.8, 4) is 0 Å². The second-order valence-electron chi connectivity index (χ2n) is 8.28. The molecule has 0 aromatic rings. The summed E-state index contributed by atoms with van der Waals surface area (Å²) in [5.74, 6) is 0.845. The smallest absolute Gasteiger partial charge is 0.315 e. The summed E-state index contributed by atoms with van der Waals surface area (Å²) < 4.78 is 0. The summed E-state index contributed by atoms with van der Waals surface area (Å²) >= 11 is 1.89. The highest BCUT2D eigenvalue weighted by Gasteiger charge is 2.42. The second-order valence-corrected chi connectivity index (χ2v) is 9.55. The third-order valence-corrected chi connectivity index (χ3v) is 7.45. The molecule has 3 aliphatic heterocycles. The zero-order valence-electron chi connectivity index (χ0n) is 18.2. The van der Waals surface area contributed by atoms with E-state index in [4.69, 9.17) is 0 Å². The number of hydrogen-bond donors (Lipinski definition) is 6. The summed E-state index contributed by atoms with van der Waals surface area (Å²) in [7, 11) is 0. The van der Waals surface area contributed by atoms with E-state index in [1.165, 1.54) is 0 Å². The van der Waals surface area contributed by atoms with Gasteiger partial charge in [-0.1, -0.05) is 6.42 Å². The van der Waals surface area contributed by atoms with Gasteiger partial charge >= 0.3 is 6.03 Å². The lowest BCUT2D eigenvalue weighted by atomic mass is 10.0. The average molecular weight is 456 g/mol. The summed E-state index contributed by atoms with van der Waals surface area (Å²) in [6, 6.07) is 0.388. The van der Waals surface area contributed by atoms with Crippen molar-refractivity contribution in [3.05, 3.63) is 0 Å². The van der Waals surface area contributed by atoms with Gasteiger partial charge in [-0.15, -0.1) is 0 Å². The molecular formula is C20H37N7O3S. The van der Waals surface area contributed by atoms with Gasteiger partial charge in [0.15, 0.2) is 0 Å². The predicted molar refractivity (Wildman–Crippen MR) is 122 cm³/mol. The number of carbonyl (C=O) groups excluding carboxylic acids is 3. The maximum atomic E-state index is 12.6. The van der Waals surface area contributed by atoms with Gasteiger partial charge in [-0.3, -0.25) is 9.59 Å². The van der Waals surface area contributed by atoms with Gasteiger partial charge in [-0.25, -0.2) is 4.79 Å². The summed E-state index contributed by atoms with van der Waals surface area (Å²) in [6.45, 7) is 6.42. The van der Waals surface area contributed by atoms with E-state index in [0.717, 1.165) is 64.3 Å². The molecule has 176 valence electrons. The van der Waals surface area contributed by atoms with Crippen molar-refractivity contribution in [2.45, 2.75) is 43.0 Å². The molecule has 0 radical (unpaired) electrons. The molecule has 0 aromatic heterocycles. The SMILES string of the molecule is O=C(CCCCC1SC[C@@H]2NC(=O)N[C@H]12)NCC(=O)N1CCNCCNCCNCC1. The van der Waals surface area contributed by atoms with Gasteiger partial charge in [-0.05, 0) is 12.8 Å². The standard InChI is InChI=1S/C20H37N7O3S/c28-17(4-2-1-3-16-19-15(14-31-16)25-20(30)26-19)24-13-18(29)27-11-9-22-7-5-21-6-8-23-10-12-27/h15-16,19,21-23H,1-14H2,(H,24,28)(H2,25,26,30)/t15-,16?,19-/m0/s1. The highest BCUT2D eigenvalue weighted by atomic mass is 32.2. The number of carbonyl (C=O) groups is 3. The number of hydrogen-bond acceptors (Lipinski definition) is 7. The van der Waals surface area contributed by atoms with Gasteiger partial charge < -0.3 is 36.8 Å². The molecule has 3 aliphatic rings. The fourth-order valence-electron chi connectivity index (χ4n) is 4.17. The highest BCUT2D eigenvalue weighted by molar-refractivity contribution is 8.00. The number of rotatable bonds is 7. The topological polar surface area (TPSA) is 127 Å². The summed E-state index contributed by atoms with van der Waals surface area (Å²) in [5, 5.41) is 19.2. The number of fused-ring (bicyclic) bond motifs is 1. The molecule has 0 aliphatic carbocycles. The van der Waals surface area contributed by atoms with E-state index in [1.807, 2.05) is 16.7 Å². The third-order valence-electron chi connectivity index (χ3n) is 5.94. The first-order chi connectivity index (χ1) is 15.1. The van der Waals surface area contributed by atoms with Crippen LogP contribution in [0, 0.1) is 0 Å². The Kier molecular flexibility index (Phi) is 10.2. The molecule has 11 heteroatoms. The average Bonchev–Trinajstić information content (AvgIpc) is 3.29. The predicted octanol–water partition coefficient (Wildman–Crippen LogP) is -1.56. The quantitative estimate of drug-likeness (QED) is 0.202. The lowest BCUT2D eigenvalue weighted by Gasteiger charge is -2.24. The van der Waals surface area contributed by atoms with Gasteiger partial charge in [0.25, 0.3) is 0 Å². The van der Waals surface area contributed by atoms with Crippen molar-refractivity contribution in [1.82, 2.24) is 36.8 Å². The van der Waals surface area contributed by atoms with E-state index >= 15 is 0 Å². The van der Waals surface area contributed by atoms with E-state index in [0.29, 0.717) is 24.8 Å². The number of nitrogens with zero attached hydrogens (tertiary/aromatic N) is 1. The van der Waals surface area contributed by atoms with Crippen molar-refractivity contribution < 1.29 is 14.4 Å². The summed E-state index contributed by atoms with van der Waals surface area (Å²) in [4.78, 5) is 38.0. The van der Waals surface area contributed by atoms with E-state index in [1.54, 1.807) is 0 Å². The van der Waals surface area contributed by atoms with Crippen LogP contribution in [0.15, 0.2) is 0 Å². The van der Waals surface area contributed by atoms with Crippen LogP contribution in [0.2, 0.25) is 0 Å². The molecule has 3 heterocycles. The van der Waals surface area contributed by atoms with Crippen molar-refractivity contribution >= 4 is 29.6 Å². The van der Waals surface area contributed by atoms with Crippen molar-refractivity contribution in [2.75, 3.05) is 64.7 Å². The number of urea groups is 1. The first kappa shape index (κ1) is 24.1. The van der Waals surface area contributed by atoms with Crippen LogP contribution in [-0.2, 0) is 9.59 Å². The van der Waals surface area contributed by atoms with Gasteiger partial charge in [0, 0.05) is 69.8 Å². The Morgan fingerprint density at radius 2 is 1.65 bits per heavy atom. The Morgan fingerprint density at radius 1 is 0.968 bits per heavy atom. The number of thioether (sulfide) groups is 1. The largest absolute Gasteiger partial charge is 0.347 e. The van der Waals surface area contributed by atoms with Crippen molar-refractivity contribution in [2.24, 2.45) is 0 Å². The number of nitrogens with one attached hydrogen (secondary N) is 6. The molecule has 0 bridgehead atoms. The molecule has 3 atom stereocenters. The van der Waals surface area contributed by atoms with E-state index in [9.17, 15) is 14.4 Å². The van der Waals surface area contributed by atoms with Crippen LogP contribution in [0.25, 0.3) is 0 Å². The molecule has 6 N–H and O–H groups in total. The minimum atomic E-state index is -0.0715. The Hall–Kier alpha value is -1.56. The summed E-state index contributed by atoms with van der Waals surface area (Å²) in [6.07, 6.45) is 3.15. The molecule has 3 saturated heterocycles. The first-order valence-electron chi connectivity index (χ1n) is 11.5. The lowest BCUT2D eigenvalue weighted by Crippen LogP contribution is -2.47. The molecular weight excluding hydrogens is 418 g/mol. The van der Waals surface area contributed by atoms with Crippen LogP contribution >= 0.6 is 11.8 Å². The maximum absolute atomic E-state index is 12.6. The van der Waals surface area contributed by atoms with Gasteiger partial charge in [0.2, 0.25) is 11.8 Å². The van der Waals surface area contributed by atoms with E-state index in [-0.39, 0.29) is 36.5 Å². The van der Waals surface area contributed by atoms with E-state index < -0.39 is 0 Å². The van der Waals surface area contributed by atoms with Gasteiger partial charge in [0.05, 0.1) is 18.6 Å². The van der Waals surface area contributed by atoms with Gasteiger partial charge in [0.1, 0.15) is 0 Å². The fourth-order valence-corrected chi connectivity index (χ4v) is 5.71. The molecule has 10 nitrogen and oxygen atoms in total. The van der Waals surface area contributed by atoms with Crippen LogP contribution in [0.4, 0.5) is 4.79 Å². The molecule has 4 amide bonds. The molecule has 1 unspecified atom stereocenters. The highest BCUT2D eigenvalue weighted by Crippen LogP contribution is 2.33. The van der Waals surface area contributed by atoms with Crippen LogP contribution < -0.4 is 31.9 Å². The van der Waals surface area contributed by atoms with Crippen molar-refractivity contribution in [3.63, 3.8) is 0 Å². The molecule has 3 fully saturated rings. The zero-order valence-corrected chi connectivity index (χ0v) is 19.0. The first-order valence-corrected chi connectivity index (χ1v) is 12.5. The van der Waals surface area contributed by atoms with Gasteiger partial charge in [-0.2, -0.15) is 11.8 Å². The van der Waals surface area contributed by atoms with E-state index in [2.05, 4.69) is 31.9 Å². The van der Waals surface area contributed by atoms with Crippen LogP contribution in [0.3, 0.4) is 0 Å². The summed E-state index contributed by atoms with van der Waals surface area (Å²) in [5.41, 5.74) is 0. The lowest BCUT2D eigenvalue weighted by molar-refractivity contribution is -0.132. The van der Waals surface area contributed by atoms with Crippen LogP contribution in [0.5, 0.6) is 0 Å². The Labute approximate surface area is 188 Å². The Balaban J connectivity index is 1.28. The molecule has 0 spiro atoms. The van der Waals surface area contributed by atoms with Crippen LogP contribution in [-0.4, -0.2) is 105 Å². The zero-order chi connectivity index (χ0) is 21.9. The molecule has 0 aromatic carbocycles.